The molecule has 1 fully saturated rings. The summed E-state index contributed by atoms with van der Waals surface area (Å²) in [6.07, 6.45) is 3.84. The van der Waals surface area contributed by atoms with E-state index in [1.165, 1.54) is 17.8 Å². The Hall–Kier alpha value is -1.96. The van der Waals surface area contributed by atoms with Gasteiger partial charge in [-0.05, 0) is 31.9 Å². The van der Waals surface area contributed by atoms with Gasteiger partial charge in [0.05, 0.1) is 10.9 Å². The molecule has 5 nitrogen and oxygen atoms in total. The third kappa shape index (κ3) is 3.27. The van der Waals surface area contributed by atoms with Crippen molar-refractivity contribution in [3.8, 4) is 0 Å². The number of rotatable bonds is 5. The number of hydrogen-bond donors (Lipinski definition) is 1. The number of carbonyl (C=O) groups excluding carboxylic acids is 1. The lowest BCUT2D eigenvalue weighted by Gasteiger charge is -2.12. The van der Waals surface area contributed by atoms with Gasteiger partial charge in [0.2, 0.25) is 5.91 Å². The molecule has 1 heterocycles. The van der Waals surface area contributed by atoms with Crippen molar-refractivity contribution in [1.82, 2.24) is 14.8 Å². The summed E-state index contributed by atoms with van der Waals surface area (Å²) in [5.41, 5.74) is -0.0393. The van der Waals surface area contributed by atoms with Crippen LogP contribution in [0.3, 0.4) is 0 Å². The maximum atomic E-state index is 13.5. The molecule has 8 heteroatoms. The summed E-state index contributed by atoms with van der Waals surface area (Å²) in [7, 11) is 0. The molecule has 1 amide bonds. The summed E-state index contributed by atoms with van der Waals surface area (Å²) in [5.74, 6) is -1.86. The summed E-state index contributed by atoms with van der Waals surface area (Å²) in [6.45, 7) is 1.70. The van der Waals surface area contributed by atoms with Gasteiger partial charge in [0.15, 0.2) is 5.16 Å². The van der Waals surface area contributed by atoms with E-state index in [0.717, 1.165) is 25.0 Å². The van der Waals surface area contributed by atoms with Crippen molar-refractivity contribution in [3.63, 3.8) is 0 Å². The van der Waals surface area contributed by atoms with Crippen LogP contribution in [0.25, 0.3) is 0 Å². The summed E-state index contributed by atoms with van der Waals surface area (Å²) in [4.78, 5) is 12.1. The molecule has 22 heavy (non-hydrogen) atoms. The number of anilines is 1. The zero-order valence-corrected chi connectivity index (χ0v) is 12.6. The number of hydrogen-bond acceptors (Lipinski definition) is 4. The summed E-state index contributed by atoms with van der Waals surface area (Å²) in [5, 5.41) is 10.5. The number of carbonyl (C=O) groups is 1. The highest BCUT2D eigenvalue weighted by Crippen LogP contribution is 2.38. The van der Waals surface area contributed by atoms with Crippen LogP contribution in [-0.2, 0) is 4.79 Å². The molecule has 1 aromatic carbocycles. The van der Waals surface area contributed by atoms with Crippen molar-refractivity contribution in [1.29, 1.82) is 0 Å². The van der Waals surface area contributed by atoms with Crippen LogP contribution < -0.4 is 5.32 Å². The maximum absolute atomic E-state index is 13.5. The van der Waals surface area contributed by atoms with Gasteiger partial charge in [-0.3, -0.25) is 4.79 Å². The molecule has 0 spiro atoms. The smallest absolute Gasteiger partial charge is 0.237 e. The van der Waals surface area contributed by atoms with Gasteiger partial charge in [-0.15, -0.1) is 10.2 Å². The van der Waals surface area contributed by atoms with E-state index in [1.54, 1.807) is 13.3 Å². The van der Waals surface area contributed by atoms with E-state index in [2.05, 4.69) is 15.5 Å². The summed E-state index contributed by atoms with van der Waals surface area (Å²) >= 11 is 1.26. The summed E-state index contributed by atoms with van der Waals surface area (Å²) < 4.78 is 28.3. The molecule has 3 rings (SSSR count). The van der Waals surface area contributed by atoms with Crippen LogP contribution in [0.5, 0.6) is 0 Å². The molecule has 0 saturated heterocycles. The minimum absolute atomic E-state index is 0.0393. The van der Waals surface area contributed by atoms with Crippen molar-refractivity contribution >= 4 is 23.4 Å². The number of amides is 1. The van der Waals surface area contributed by atoms with Crippen molar-refractivity contribution < 1.29 is 13.6 Å². The van der Waals surface area contributed by atoms with E-state index in [0.29, 0.717) is 11.2 Å². The van der Waals surface area contributed by atoms with E-state index >= 15 is 0 Å². The molecular formula is C14H14F2N4OS. The molecule has 1 N–H and O–H groups in total. The zero-order valence-electron chi connectivity index (χ0n) is 11.8. The quantitative estimate of drug-likeness (QED) is 0.859. The topological polar surface area (TPSA) is 59.8 Å². The van der Waals surface area contributed by atoms with Crippen LogP contribution in [-0.4, -0.2) is 25.9 Å². The second-order valence-corrected chi connectivity index (χ2v) is 6.43. The molecule has 1 aliphatic rings. The molecule has 1 atom stereocenters. The van der Waals surface area contributed by atoms with Crippen molar-refractivity contribution in [3.05, 3.63) is 36.2 Å². The van der Waals surface area contributed by atoms with Gasteiger partial charge in [-0.25, -0.2) is 8.78 Å². The van der Waals surface area contributed by atoms with Crippen LogP contribution in [0, 0.1) is 11.6 Å². The van der Waals surface area contributed by atoms with Crippen molar-refractivity contribution in [2.75, 3.05) is 5.32 Å². The second kappa shape index (κ2) is 6.04. The first-order chi connectivity index (χ1) is 10.5. The molecule has 1 saturated carbocycles. The number of nitrogens with one attached hydrogen (secondary N) is 1. The first-order valence-corrected chi connectivity index (χ1v) is 7.74. The molecule has 0 bridgehead atoms. The standard InChI is InChI=1S/C14H14F2N4OS/c1-8(22-14-19-17-7-20(14)10-3-4-10)13(21)18-12-5-2-9(15)6-11(12)16/h2,5-8,10H,3-4H2,1H3,(H,18,21). The summed E-state index contributed by atoms with van der Waals surface area (Å²) in [6, 6.07) is 3.45. The zero-order chi connectivity index (χ0) is 15.7. The van der Waals surface area contributed by atoms with E-state index in [1.807, 2.05) is 4.57 Å². The first kappa shape index (κ1) is 15.0. The van der Waals surface area contributed by atoms with Gasteiger partial charge in [-0.1, -0.05) is 11.8 Å². The lowest BCUT2D eigenvalue weighted by molar-refractivity contribution is -0.115. The van der Waals surface area contributed by atoms with Crippen LogP contribution >= 0.6 is 11.8 Å². The molecule has 0 aliphatic heterocycles. The third-order valence-corrected chi connectivity index (χ3v) is 4.39. The Labute approximate surface area is 130 Å². The van der Waals surface area contributed by atoms with Gasteiger partial charge in [-0.2, -0.15) is 0 Å². The van der Waals surface area contributed by atoms with E-state index in [4.69, 9.17) is 0 Å². The Bertz CT molecular complexity index is 702. The molecule has 116 valence electrons. The highest BCUT2D eigenvalue weighted by atomic mass is 32.2. The molecule has 0 radical (unpaired) electrons. The van der Waals surface area contributed by atoms with Crippen molar-refractivity contribution in [2.45, 2.75) is 36.2 Å². The van der Waals surface area contributed by atoms with E-state index in [9.17, 15) is 13.6 Å². The number of thioether (sulfide) groups is 1. The monoisotopic (exact) mass is 324 g/mol. The normalized spacial score (nSPS) is 15.6. The largest absolute Gasteiger partial charge is 0.323 e. The van der Waals surface area contributed by atoms with Gasteiger partial charge in [0, 0.05) is 12.1 Å². The Kier molecular flexibility index (Phi) is 4.10. The Morgan fingerprint density at radius 2 is 2.23 bits per heavy atom. The van der Waals surface area contributed by atoms with Gasteiger partial charge in [0.1, 0.15) is 18.0 Å². The molecule has 1 unspecified atom stereocenters. The fourth-order valence-corrected chi connectivity index (χ4v) is 2.85. The Balaban J connectivity index is 1.65. The lowest BCUT2D eigenvalue weighted by atomic mass is 10.3. The predicted octanol–water partition coefficient (Wildman–Crippen LogP) is 3.01. The molecular weight excluding hydrogens is 310 g/mol. The minimum Gasteiger partial charge on any atom is -0.323 e. The number of aromatic nitrogens is 3. The average molecular weight is 324 g/mol. The van der Waals surface area contributed by atoms with Crippen LogP contribution in [0.15, 0.2) is 29.7 Å². The van der Waals surface area contributed by atoms with Gasteiger partial charge >= 0.3 is 0 Å². The van der Waals surface area contributed by atoms with Crippen molar-refractivity contribution in [2.24, 2.45) is 0 Å². The second-order valence-electron chi connectivity index (χ2n) is 5.13. The van der Waals surface area contributed by atoms with Crippen LogP contribution in [0.2, 0.25) is 0 Å². The maximum Gasteiger partial charge on any atom is 0.237 e. The van der Waals surface area contributed by atoms with Crippen LogP contribution in [0.1, 0.15) is 25.8 Å². The highest BCUT2D eigenvalue weighted by molar-refractivity contribution is 8.00. The fraction of sp³-hybridized carbons (Fsp3) is 0.357. The van der Waals surface area contributed by atoms with E-state index in [-0.39, 0.29) is 11.6 Å². The fourth-order valence-electron chi connectivity index (χ4n) is 1.96. The highest BCUT2D eigenvalue weighted by Gasteiger charge is 2.28. The van der Waals surface area contributed by atoms with Gasteiger partial charge in [0.25, 0.3) is 0 Å². The SMILES string of the molecule is CC(Sc1nncn1C1CC1)C(=O)Nc1ccc(F)cc1F. The van der Waals surface area contributed by atoms with Gasteiger partial charge < -0.3 is 9.88 Å². The Morgan fingerprint density at radius 3 is 2.91 bits per heavy atom. The average Bonchev–Trinajstić information content (AvgIpc) is 3.22. The number of nitrogens with zero attached hydrogens (tertiary/aromatic N) is 3. The van der Waals surface area contributed by atoms with E-state index < -0.39 is 16.9 Å². The van der Waals surface area contributed by atoms with Crippen LogP contribution in [0.4, 0.5) is 14.5 Å². The predicted molar refractivity (Wildman–Crippen MR) is 78.6 cm³/mol. The number of benzene rings is 1. The molecule has 1 aliphatic carbocycles. The minimum atomic E-state index is -0.799. The number of halogens is 2. The molecule has 2 aromatic rings. The third-order valence-electron chi connectivity index (χ3n) is 3.32. The first-order valence-electron chi connectivity index (χ1n) is 6.86. The molecule has 1 aromatic heterocycles. The Morgan fingerprint density at radius 1 is 1.45 bits per heavy atom. The lowest BCUT2D eigenvalue weighted by Crippen LogP contribution is -2.23.